The van der Waals surface area contributed by atoms with Crippen molar-refractivity contribution in [3.63, 3.8) is 0 Å². The number of ether oxygens (including phenoxy) is 1. The minimum atomic E-state index is 0. The van der Waals surface area contributed by atoms with Gasteiger partial charge in [0.25, 0.3) is 0 Å². The largest absolute Gasteiger partial charge is 1.00 e. The van der Waals surface area contributed by atoms with Gasteiger partial charge in [-0.25, -0.2) is 0 Å². The lowest BCUT2D eigenvalue weighted by atomic mass is 10.1. The minimum absolute atomic E-state index is 0. The molecule has 0 radical (unpaired) electrons. The van der Waals surface area contributed by atoms with Gasteiger partial charge >= 0.3 is 0 Å². The molecule has 3 heteroatoms. The van der Waals surface area contributed by atoms with Gasteiger partial charge in [-0.1, -0.05) is 0 Å². The Hall–Kier alpha value is 0.210. The van der Waals surface area contributed by atoms with E-state index in [1.54, 1.807) is 0 Å². The summed E-state index contributed by atoms with van der Waals surface area (Å²) in [4.78, 5) is 0. The summed E-state index contributed by atoms with van der Waals surface area (Å²) >= 11 is 0. The van der Waals surface area contributed by atoms with E-state index < -0.39 is 0 Å². The van der Waals surface area contributed by atoms with Gasteiger partial charge in [0.15, 0.2) is 0 Å². The maximum absolute atomic E-state index is 5.55. The van der Waals surface area contributed by atoms with Crippen LogP contribution in [0, 0.1) is 0 Å². The van der Waals surface area contributed by atoms with Crippen molar-refractivity contribution in [3.8, 4) is 0 Å². The quantitative estimate of drug-likeness (QED) is 0.389. The van der Waals surface area contributed by atoms with Crippen LogP contribution in [-0.4, -0.2) is 19.3 Å². The van der Waals surface area contributed by atoms with Gasteiger partial charge in [0, 0.05) is 19.3 Å². The second kappa shape index (κ2) is 4.13. The van der Waals surface area contributed by atoms with E-state index in [9.17, 15) is 0 Å². The smallest absolute Gasteiger partial charge is 0.0480 e. The summed E-state index contributed by atoms with van der Waals surface area (Å²) in [5, 5.41) is 0. The van der Waals surface area contributed by atoms with Crippen LogP contribution in [0.3, 0.4) is 0 Å². The van der Waals surface area contributed by atoms with Crippen LogP contribution in [0.4, 0.5) is 0 Å². The molecule has 1 heterocycles. The van der Waals surface area contributed by atoms with Gasteiger partial charge in [-0.15, -0.1) is 0 Å². The molecule has 0 saturated carbocycles. The Morgan fingerprint density at radius 3 is 2.00 bits per heavy atom. The van der Waals surface area contributed by atoms with E-state index in [2.05, 4.69) is 0 Å². The zero-order valence-corrected chi connectivity index (χ0v) is 5.53. The highest BCUT2D eigenvalue weighted by Gasteiger charge is 2.06. The maximum Gasteiger partial charge on any atom is 0.0480 e. The number of nitrogens with two attached hydrogens (primary N) is 1. The number of rotatable bonds is 0. The van der Waals surface area contributed by atoms with E-state index in [-0.39, 0.29) is 12.4 Å². The van der Waals surface area contributed by atoms with Crippen LogP contribution in [0.25, 0.3) is 0 Å². The van der Waals surface area contributed by atoms with Gasteiger partial charge in [0.1, 0.15) is 0 Å². The molecule has 1 fully saturated rings. The molecule has 1 aliphatic rings. The molecule has 0 amide bonds. The summed E-state index contributed by atoms with van der Waals surface area (Å²) in [6.07, 6.45) is 2.08. The fourth-order valence-electron chi connectivity index (χ4n) is 0.716. The summed E-state index contributed by atoms with van der Waals surface area (Å²) in [5.74, 6) is 0. The third-order valence-electron chi connectivity index (χ3n) is 1.27. The van der Waals surface area contributed by atoms with Crippen LogP contribution in [0.1, 0.15) is 12.8 Å². The van der Waals surface area contributed by atoms with Crippen molar-refractivity contribution >= 4 is 0 Å². The molecule has 50 valence electrons. The Kier molecular flexibility index (Phi) is 4.23. The van der Waals surface area contributed by atoms with Crippen molar-refractivity contribution in [3.05, 3.63) is 0 Å². The first-order valence-corrected chi connectivity index (χ1v) is 2.73. The van der Waals surface area contributed by atoms with Gasteiger partial charge in [-0.05, 0) is 12.8 Å². The molecule has 1 rings (SSSR count). The summed E-state index contributed by atoms with van der Waals surface area (Å²) in [5.41, 5.74) is 5.55. The van der Waals surface area contributed by atoms with Crippen molar-refractivity contribution in [2.75, 3.05) is 13.2 Å². The maximum atomic E-state index is 5.55. The Morgan fingerprint density at radius 1 is 1.25 bits per heavy atom. The molecule has 2 N–H and O–H groups in total. The van der Waals surface area contributed by atoms with Crippen molar-refractivity contribution in [2.45, 2.75) is 18.9 Å². The molecule has 0 aliphatic carbocycles. The highest BCUT2D eigenvalue weighted by Crippen LogP contribution is 2.01. The molecule has 2 nitrogen and oxygen atoms in total. The average molecular weight is 137 g/mol. The van der Waals surface area contributed by atoms with Gasteiger partial charge in [-0.2, -0.15) is 0 Å². The molecule has 0 spiro atoms. The zero-order valence-electron chi connectivity index (χ0n) is 4.77. The fraction of sp³-hybridized carbons (Fsp3) is 1.00. The molecule has 1 aliphatic heterocycles. The van der Waals surface area contributed by atoms with E-state index in [1.807, 2.05) is 0 Å². The molecule has 0 aromatic rings. The highest BCUT2D eigenvalue weighted by molar-refractivity contribution is 4.63. The van der Waals surface area contributed by atoms with Gasteiger partial charge in [-0.3, -0.25) is 0 Å². The van der Waals surface area contributed by atoms with E-state index >= 15 is 0 Å². The van der Waals surface area contributed by atoms with Gasteiger partial charge in [0.05, 0.1) is 0 Å². The van der Waals surface area contributed by atoms with Crippen molar-refractivity contribution in [1.82, 2.24) is 0 Å². The first-order valence-electron chi connectivity index (χ1n) is 2.73. The van der Waals surface area contributed by atoms with Crippen molar-refractivity contribution in [2.24, 2.45) is 5.73 Å². The molecule has 0 aromatic carbocycles. The third kappa shape index (κ3) is 2.50. The lowest BCUT2D eigenvalue weighted by molar-refractivity contribution is -0.00000319. The lowest BCUT2D eigenvalue weighted by Crippen LogP contribution is -3.00. The Labute approximate surface area is 55.8 Å². The van der Waals surface area contributed by atoms with Crippen LogP contribution in [-0.2, 0) is 4.74 Å². The first-order chi connectivity index (χ1) is 3.39. The summed E-state index contributed by atoms with van der Waals surface area (Å²) in [6.45, 7) is 1.72. The normalized spacial score (nSPS) is 22.1. The number of hydrogen-bond acceptors (Lipinski definition) is 2. The predicted octanol–water partition coefficient (Wildman–Crippen LogP) is -2.87. The van der Waals surface area contributed by atoms with Gasteiger partial charge < -0.3 is 22.9 Å². The predicted molar refractivity (Wildman–Crippen MR) is 28.0 cm³/mol. The van der Waals surface area contributed by atoms with E-state index in [0.29, 0.717) is 6.04 Å². The molecule has 0 aromatic heterocycles. The van der Waals surface area contributed by atoms with Crippen molar-refractivity contribution in [1.29, 1.82) is 0 Å². The summed E-state index contributed by atoms with van der Waals surface area (Å²) < 4.78 is 5.06. The number of hydrogen-bond donors (Lipinski definition) is 1. The second-order valence-electron chi connectivity index (χ2n) is 1.95. The summed E-state index contributed by atoms with van der Waals surface area (Å²) in [7, 11) is 0. The zero-order chi connectivity index (χ0) is 5.11. The van der Waals surface area contributed by atoms with Crippen LogP contribution in [0.15, 0.2) is 0 Å². The molecular formula is C5H11ClNO-. The molecule has 1 saturated heterocycles. The average Bonchev–Trinajstić information content (AvgIpc) is 1.69. The second-order valence-corrected chi connectivity index (χ2v) is 1.95. The monoisotopic (exact) mass is 136 g/mol. The molecule has 0 atom stereocenters. The third-order valence-corrected chi connectivity index (χ3v) is 1.27. The molecule has 0 bridgehead atoms. The Morgan fingerprint density at radius 2 is 1.75 bits per heavy atom. The fourth-order valence-corrected chi connectivity index (χ4v) is 0.716. The van der Waals surface area contributed by atoms with Crippen LogP contribution in [0.5, 0.6) is 0 Å². The minimum Gasteiger partial charge on any atom is -1.00 e. The van der Waals surface area contributed by atoms with E-state index in [0.717, 1.165) is 26.1 Å². The van der Waals surface area contributed by atoms with Gasteiger partial charge in [0.2, 0.25) is 0 Å². The van der Waals surface area contributed by atoms with E-state index in [1.165, 1.54) is 0 Å². The molecule has 0 unspecified atom stereocenters. The summed E-state index contributed by atoms with van der Waals surface area (Å²) in [6, 6.07) is 0.411. The van der Waals surface area contributed by atoms with Crippen molar-refractivity contribution < 1.29 is 17.1 Å². The SMILES string of the molecule is NC1CCOCC1.[Cl-]. The highest BCUT2D eigenvalue weighted by atomic mass is 35.5. The Bertz CT molecular complexity index is 54.4. The van der Waals surface area contributed by atoms with E-state index in [4.69, 9.17) is 10.5 Å². The standard InChI is InChI=1S/C5H11NO.ClH/c6-5-1-3-7-4-2-5;/h5H,1-4,6H2;1H/p-1. The first kappa shape index (κ1) is 8.21. The van der Waals surface area contributed by atoms with Crippen LogP contribution in [0.2, 0.25) is 0 Å². The molecule has 8 heavy (non-hydrogen) atoms. The Balaban J connectivity index is 0.000000490. The van der Waals surface area contributed by atoms with Crippen LogP contribution < -0.4 is 18.1 Å². The topological polar surface area (TPSA) is 35.2 Å². The lowest BCUT2D eigenvalue weighted by Gasteiger charge is -2.16. The molecular weight excluding hydrogens is 126 g/mol. The van der Waals surface area contributed by atoms with Crippen LogP contribution >= 0.6 is 0 Å². The number of halogens is 1.